The Balaban J connectivity index is 0.670. The molecule has 4 atom stereocenters. The van der Waals surface area contributed by atoms with Crippen LogP contribution >= 0.6 is 23.5 Å². The molecule has 2 nitrogen and oxygen atoms in total. The van der Waals surface area contributed by atoms with Gasteiger partial charge in [0.15, 0.2) is 0 Å². The van der Waals surface area contributed by atoms with Crippen molar-refractivity contribution in [3.63, 3.8) is 0 Å². The van der Waals surface area contributed by atoms with Crippen molar-refractivity contribution in [1.82, 2.24) is 0 Å². The molecule has 0 radical (unpaired) electrons. The van der Waals surface area contributed by atoms with Crippen LogP contribution in [0.25, 0.3) is 55.6 Å². The van der Waals surface area contributed by atoms with Gasteiger partial charge in [-0.3, -0.25) is 0 Å². The Hall–Kier alpha value is -12.2. The third-order valence-electron chi connectivity index (χ3n) is 24.8. The molecular weight excluding hydrogens is 1290 g/mol. The lowest BCUT2D eigenvalue weighted by Crippen LogP contribution is -2.43. The Morgan fingerprint density at radius 3 is 1.17 bits per heavy atom. The first-order valence-electron chi connectivity index (χ1n) is 36.3. The molecule has 0 saturated carbocycles. The molecule has 0 fully saturated rings. The fourth-order valence-electron chi connectivity index (χ4n) is 21.2. The molecule has 2 heterocycles. The van der Waals surface area contributed by atoms with Crippen molar-refractivity contribution in [2.24, 2.45) is 0 Å². The van der Waals surface area contributed by atoms with E-state index in [9.17, 15) is 0 Å². The van der Waals surface area contributed by atoms with E-state index < -0.39 is 21.7 Å². The molecule has 482 valence electrons. The molecule has 0 aromatic heterocycles. The van der Waals surface area contributed by atoms with Crippen LogP contribution in [-0.4, -0.2) is 0 Å². The van der Waals surface area contributed by atoms with E-state index in [1.165, 1.54) is 193 Å². The predicted octanol–water partition coefficient (Wildman–Crippen LogP) is 25.3. The zero-order valence-electron chi connectivity index (χ0n) is 56.4. The smallest absolute Gasteiger partial charge is 0.0720 e. The van der Waals surface area contributed by atoms with Crippen LogP contribution in [-0.2, 0) is 21.7 Å². The Kier molecular flexibility index (Phi) is 11.5. The second-order valence-electron chi connectivity index (χ2n) is 29.1. The van der Waals surface area contributed by atoms with Gasteiger partial charge in [0, 0.05) is 30.8 Å². The Bertz CT molecular complexity index is 6440. The van der Waals surface area contributed by atoms with Gasteiger partial charge in [-0.1, -0.05) is 315 Å². The molecule has 8 aliphatic rings. The van der Waals surface area contributed by atoms with E-state index >= 15 is 0 Å². The highest BCUT2D eigenvalue weighted by Crippen LogP contribution is 2.73. The summed E-state index contributed by atoms with van der Waals surface area (Å²) in [5, 5.41) is 0. The van der Waals surface area contributed by atoms with Crippen molar-refractivity contribution < 1.29 is 0 Å². The summed E-state index contributed by atoms with van der Waals surface area (Å²) in [5.41, 5.74) is 38.7. The van der Waals surface area contributed by atoms with E-state index in [1.807, 2.05) is 23.5 Å². The second-order valence-corrected chi connectivity index (χ2v) is 31.2. The lowest BCUT2D eigenvalue weighted by Gasteiger charge is -2.48. The van der Waals surface area contributed by atoms with Crippen molar-refractivity contribution in [2.75, 3.05) is 9.80 Å². The Labute approximate surface area is 612 Å². The summed E-state index contributed by atoms with van der Waals surface area (Å²) in [4.78, 5) is 10.0. The van der Waals surface area contributed by atoms with Gasteiger partial charge >= 0.3 is 0 Å². The minimum absolute atomic E-state index is 0.499. The van der Waals surface area contributed by atoms with E-state index in [4.69, 9.17) is 0 Å². The van der Waals surface area contributed by atoms with Gasteiger partial charge in [-0.15, -0.1) is 0 Å². The molecule has 0 N–H and O–H groups in total. The number of hydrogen-bond acceptors (Lipinski definition) is 4. The fraction of sp³-hybridized carbons (Fsp3) is 0.0400. The maximum atomic E-state index is 2.57. The summed E-state index contributed by atoms with van der Waals surface area (Å²) in [6.07, 6.45) is 0. The Morgan fingerprint density at radius 2 is 0.567 bits per heavy atom. The third-order valence-corrected chi connectivity index (χ3v) is 27.0. The SMILES string of the molecule is c1ccc(C23c4ccccc4-c4cccc(c42)C2(c4ccccc4-c4cc(N5c6ccccc6Sc6cc(-c7ccc8c(c7)C7(c9ccccc9)c9ccccc9C9(c%10ccccc%10-c%10c(N%11c%12ccccc%12Sc%12ccccc%12%11)cccc%109)c9cccc-8c97)ccc65)ccc42)c2ccccc23)cc1. The molecule has 4 unspecified atom stereocenters. The lowest BCUT2D eigenvalue weighted by molar-refractivity contribution is 0.636. The number of hydrogen-bond donors (Lipinski definition) is 0. The molecule has 6 aliphatic carbocycles. The van der Waals surface area contributed by atoms with Crippen LogP contribution in [0.5, 0.6) is 0 Å². The molecule has 24 rings (SSSR count). The second kappa shape index (κ2) is 20.8. The minimum Gasteiger partial charge on any atom is -0.308 e. The van der Waals surface area contributed by atoms with E-state index in [0.29, 0.717) is 0 Å². The van der Waals surface area contributed by atoms with Gasteiger partial charge in [-0.05, 0) is 212 Å². The van der Waals surface area contributed by atoms with E-state index in [1.54, 1.807) is 0 Å². The van der Waals surface area contributed by atoms with Crippen molar-refractivity contribution in [3.05, 3.63) is 453 Å². The van der Waals surface area contributed by atoms with Crippen molar-refractivity contribution in [2.45, 2.75) is 41.2 Å². The molecule has 2 spiro atoms. The van der Waals surface area contributed by atoms with Crippen LogP contribution < -0.4 is 9.80 Å². The third kappa shape index (κ3) is 6.88. The van der Waals surface area contributed by atoms with Crippen LogP contribution in [0.2, 0.25) is 0 Å². The monoisotopic (exact) mass is 1350 g/mol. The zero-order chi connectivity index (χ0) is 67.8. The van der Waals surface area contributed by atoms with Gasteiger partial charge in [-0.2, -0.15) is 0 Å². The average molecular weight is 1350 g/mol. The molecule has 0 amide bonds. The number of anilines is 6. The summed E-state index contributed by atoms with van der Waals surface area (Å²) in [7, 11) is 0. The molecule has 2 aliphatic heterocycles. The first-order chi connectivity index (χ1) is 51.6. The molecule has 104 heavy (non-hydrogen) atoms. The maximum absolute atomic E-state index is 2.57. The summed E-state index contributed by atoms with van der Waals surface area (Å²) in [6.45, 7) is 0. The normalized spacial score (nSPS) is 19.4. The summed E-state index contributed by atoms with van der Waals surface area (Å²) in [5.74, 6) is 0. The molecule has 16 aromatic carbocycles. The standard InChI is InChI=1S/C100H60N2S2/c1-3-26-63(27-4-1)97-73-35-10-7-30-66(73)69-33-23-43-82(95(69)97)99(79-40-15-13-38-77(79)97)74-36-11-8-31-67(74)72-60-65(54-56-76(72)99)101-85-45-17-20-49-90(85)104-93-59-62(53-57-88(93)101)61-52-55-68-70-34-24-44-83-96(70)98(84(68)58-61,64-28-5-2-6-29-64)78-39-14-16-41-80(78)100(83)75-37-12-9-32-71(75)94-81(100)42-25-48-89(94)102-86-46-18-21-50-91(86)103-92-51-22-19-47-87(92)102/h1-60H. The summed E-state index contributed by atoms with van der Waals surface area (Å²) in [6, 6.07) is 140. The van der Waals surface area contributed by atoms with Crippen LogP contribution in [0, 0.1) is 0 Å². The number of benzene rings is 16. The zero-order valence-corrected chi connectivity index (χ0v) is 58.0. The van der Waals surface area contributed by atoms with Gasteiger partial charge < -0.3 is 9.80 Å². The lowest BCUT2D eigenvalue weighted by atomic mass is 9.52. The van der Waals surface area contributed by atoms with E-state index in [2.05, 4.69) is 374 Å². The van der Waals surface area contributed by atoms with Crippen LogP contribution in [0.3, 0.4) is 0 Å². The highest BCUT2D eigenvalue weighted by Gasteiger charge is 2.62. The average Bonchev–Trinajstić information content (AvgIpc) is 1.46. The largest absolute Gasteiger partial charge is 0.308 e. The number of para-hydroxylation sites is 3. The summed E-state index contributed by atoms with van der Waals surface area (Å²) >= 11 is 3.74. The Morgan fingerprint density at radius 1 is 0.192 bits per heavy atom. The van der Waals surface area contributed by atoms with Gasteiger partial charge in [-0.25, -0.2) is 0 Å². The van der Waals surface area contributed by atoms with E-state index in [0.717, 1.165) is 5.69 Å². The van der Waals surface area contributed by atoms with Gasteiger partial charge in [0.1, 0.15) is 0 Å². The molecule has 16 aromatic rings. The van der Waals surface area contributed by atoms with Crippen LogP contribution in [0.4, 0.5) is 34.1 Å². The topological polar surface area (TPSA) is 6.48 Å². The van der Waals surface area contributed by atoms with Gasteiger partial charge in [0.05, 0.1) is 50.1 Å². The van der Waals surface area contributed by atoms with Gasteiger partial charge in [0.25, 0.3) is 0 Å². The van der Waals surface area contributed by atoms with Crippen molar-refractivity contribution in [1.29, 1.82) is 0 Å². The minimum atomic E-state index is -0.655. The molecular formula is C100H60N2S2. The number of nitrogens with zero attached hydrogens (tertiary/aromatic N) is 2. The number of rotatable bonds is 5. The molecule has 0 saturated heterocycles. The first-order valence-corrected chi connectivity index (χ1v) is 37.9. The van der Waals surface area contributed by atoms with Gasteiger partial charge in [0.2, 0.25) is 0 Å². The molecule has 0 bridgehead atoms. The first kappa shape index (κ1) is 57.4. The quantitative estimate of drug-likeness (QED) is 0.169. The van der Waals surface area contributed by atoms with Crippen LogP contribution in [0.15, 0.2) is 384 Å². The number of fused-ring (bicyclic) bond motifs is 28. The van der Waals surface area contributed by atoms with Crippen LogP contribution in [0.1, 0.15) is 89.0 Å². The van der Waals surface area contributed by atoms with Crippen molar-refractivity contribution in [3.8, 4) is 55.6 Å². The highest BCUT2D eigenvalue weighted by molar-refractivity contribution is 8.00. The van der Waals surface area contributed by atoms with Crippen molar-refractivity contribution >= 4 is 57.6 Å². The van der Waals surface area contributed by atoms with E-state index in [-0.39, 0.29) is 0 Å². The highest BCUT2D eigenvalue weighted by atomic mass is 32.2. The fourth-order valence-corrected chi connectivity index (χ4v) is 23.4. The maximum Gasteiger partial charge on any atom is 0.0720 e. The summed E-state index contributed by atoms with van der Waals surface area (Å²) < 4.78 is 0. The molecule has 4 heteroatoms. The predicted molar refractivity (Wildman–Crippen MR) is 426 cm³/mol.